The minimum Gasteiger partial charge on any atom is -0.449 e. The molecule has 118 valence electrons. The van der Waals surface area contributed by atoms with Crippen LogP contribution in [-0.4, -0.2) is 32.0 Å². The number of amides is 1. The van der Waals surface area contributed by atoms with Crippen LogP contribution in [0.1, 0.15) is 23.5 Å². The third-order valence-electron chi connectivity index (χ3n) is 4.48. The largest absolute Gasteiger partial charge is 0.449 e. The molecule has 1 aliphatic carbocycles. The maximum atomic E-state index is 11.9. The van der Waals surface area contributed by atoms with Crippen LogP contribution >= 0.6 is 0 Å². The summed E-state index contributed by atoms with van der Waals surface area (Å²) >= 11 is 0. The highest BCUT2D eigenvalue weighted by Gasteiger charge is 2.29. The van der Waals surface area contributed by atoms with E-state index < -0.39 is 0 Å². The first-order chi connectivity index (χ1) is 11.3. The van der Waals surface area contributed by atoms with Gasteiger partial charge in [-0.2, -0.15) is 0 Å². The number of rotatable bonds is 5. The zero-order valence-corrected chi connectivity index (χ0v) is 12.8. The highest BCUT2D eigenvalue weighted by Crippen LogP contribution is 2.44. The summed E-state index contributed by atoms with van der Waals surface area (Å²) in [6.07, 6.45) is 0.820. The molecular formula is C19H19NO3. The standard InChI is InChI=1S/C19H19NO3/c21-19(20-10-9-13-11-22-13)23-12-18-16-7-3-1-5-14(16)15-6-2-4-8-17(15)18/h1-8,13,18H,9-12H2,(H,20,21). The number of ether oxygens (including phenoxy) is 2. The molecule has 4 nitrogen and oxygen atoms in total. The van der Waals surface area contributed by atoms with Crippen LogP contribution in [0.3, 0.4) is 0 Å². The van der Waals surface area contributed by atoms with Gasteiger partial charge in [0.2, 0.25) is 0 Å². The van der Waals surface area contributed by atoms with E-state index >= 15 is 0 Å². The van der Waals surface area contributed by atoms with Gasteiger partial charge in [0.25, 0.3) is 0 Å². The molecule has 2 aromatic rings. The van der Waals surface area contributed by atoms with Gasteiger partial charge in [-0.1, -0.05) is 48.5 Å². The van der Waals surface area contributed by atoms with Crippen molar-refractivity contribution >= 4 is 6.09 Å². The first kappa shape index (κ1) is 14.3. The fourth-order valence-corrected chi connectivity index (χ4v) is 3.22. The third kappa shape index (κ3) is 2.94. The van der Waals surface area contributed by atoms with Gasteiger partial charge in [-0.25, -0.2) is 4.79 Å². The molecule has 0 bridgehead atoms. The van der Waals surface area contributed by atoms with Crippen LogP contribution in [0.15, 0.2) is 48.5 Å². The molecule has 0 saturated carbocycles. The van der Waals surface area contributed by atoms with Crippen molar-refractivity contribution in [3.63, 3.8) is 0 Å². The molecule has 2 aromatic carbocycles. The zero-order chi connectivity index (χ0) is 15.6. The molecule has 1 unspecified atom stereocenters. The van der Waals surface area contributed by atoms with E-state index in [0.717, 1.165) is 13.0 Å². The van der Waals surface area contributed by atoms with Crippen molar-refractivity contribution in [3.05, 3.63) is 59.7 Å². The second-order valence-electron chi connectivity index (χ2n) is 6.00. The lowest BCUT2D eigenvalue weighted by Crippen LogP contribution is -2.27. The smallest absolute Gasteiger partial charge is 0.407 e. The van der Waals surface area contributed by atoms with Gasteiger partial charge >= 0.3 is 6.09 Å². The second-order valence-corrected chi connectivity index (χ2v) is 6.00. The lowest BCUT2D eigenvalue weighted by Gasteiger charge is -2.14. The van der Waals surface area contributed by atoms with Crippen molar-refractivity contribution in [2.45, 2.75) is 18.4 Å². The fourth-order valence-electron chi connectivity index (χ4n) is 3.22. The van der Waals surface area contributed by atoms with Crippen molar-refractivity contribution in [2.75, 3.05) is 19.8 Å². The SMILES string of the molecule is O=C(NCCC1CO1)OCC1c2ccccc2-c2ccccc21. The Labute approximate surface area is 135 Å². The minimum absolute atomic E-state index is 0.111. The lowest BCUT2D eigenvalue weighted by molar-refractivity contribution is 0.142. The van der Waals surface area contributed by atoms with E-state index in [1.165, 1.54) is 22.3 Å². The summed E-state index contributed by atoms with van der Waals surface area (Å²) in [6.45, 7) is 1.77. The van der Waals surface area contributed by atoms with Gasteiger partial charge in [-0.3, -0.25) is 0 Å². The summed E-state index contributed by atoms with van der Waals surface area (Å²) in [5.41, 5.74) is 4.94. The number of alkyl carbamates (subject to hydrolysis) is 1. The summed E-state index contributed by atoms with van der Waals surface area (Å²) in [7, 11) is 0. The summed E-state index contributed by atoms with van der Waals surface area (Å²) in [5.74, 6) is 0.111. The Morgan fingerprint density at radius 3 is 2.30 bits per heavy atom. The predicted octanol–water partition coefficient (Wildman–Crippen LogP) is 3.31. The van der Waals surface area contributed by atoms with Crippen molar-refractivity contribution in [2.24, 2.45) is 0 Å². The van der Waals surface area contributed by atoms with Gasteiger partial charge in [-0.15, -0.1) is 0 Å². The maximum absolute atomic E-state index is 11.9. The van der Waals surface area contributed by atoms with Gasteiger partial charge in [0.1, 0.15) is 6.61 Å². The molecule has 1 amide bonds. The molecule has 1 fully saturated rings. The molecule has 1 N–H and O–H groups in total. The third-order valence-corrected chi connectivity index (χ3v) is 4.48. The molecule has 1 saturated heterocycles. The van der Waals surface area contributed by atoms with Crippen LogP contribution in [0.5, 0.6) is 0 Å². The van der Waals surface area contributed by atoms with E-state index in [4.69, 9.17) is 9.47 Å². The van der Waals surface area contributed by atoms with E-state index in [1.807, 2.05) is 24.3 Å². The van der Waals surface area contributed by atoms with Crippen molar-refractivity contribution < 1.29 is 14.3 Å². The van der Waals surface area contributed by atoms with Crippen molar-refractivity contribution in [1.82, 2.24) is 5.32 Å². The summed E-state index contributed by atoms with van der Waals surface area (Å²) in [6, 6.07) is 16.7. The number of nitrogens with one attached hydrogen (secondary N) is 1. The highest BCUT2D eigenvalue weighted by molar-refractivity contribution is 5.79. The fraction of sp³-hybridized carbons (Fsp3) is 0.316. The van der Waals surface area contributed by atoms with E-state index in [0.29, 0.717) is 19.3 Å². The Kier molecular flexibility index (Phi) is 3.75. The van der Waals surface area contributed by atoms with Crippen LogP contribution in [0, 0.1) is 0 Å². The second kappa shape index (κ2) is 6.05. The quantitative estimate of drug-likeness (QED) is 0.862. The monoisotopic (exact) mass is 309 g/mol. The lowest BCUT2D eigenvalue weighted by atomic mass is 9.98. The molecule has 1 aliphatic heterocycles. The van der Waals surface area contributed by atoms with Crippen LogP contribution in [0.4, 0.5) is 4.79 Å². The van der Waals surface area contributed by atoms with Crippen LogP contribution in [-0.2, 0) is 9.47 Å². The molecule has 1 atom stereocenters. The number of hydrogen-bond acceptors (Lipinski definition) is 3. The van der Waals surface area contributed by atoms with E-state index in [9.17, 15) is 4.79 Å². The molecule has 0 aromatic heterocycles. The average molecular weight is 309 g/mol. The zero-order valence-electron chi connectivity index (χ0n) is 12.8. The first-order valence-electron chi connectivity index (χ1n) is 8.03. The van der Waals surface area contributed by atoms with E-state index in [1.54, 1.807) is 0 Å². The summed E-state index contributed by atoms with van der Waals surface area (Å²) in [4.78, 5) is 11.9. The van der Waals surface area contributed by atoms with Crippen molar-refractivity contribution in [1.29, 1.82) is 0 Å². The van der Waals surface area contributed by atoms with Crippen molar-refractivity contribution in [3.8, 4) is 11.1 Å². The van der Waals surface area contributed by atoms with Crippen LogP contribution in [0.2, 0.25) is 0 Å². The van der Waals surface area contributed by atoms with Gasteiger partial charge in [0, 0.05) is 12.5 Å². The topological polar surface area (TPSA) is 50.9 Å². The van der Waals surface area contributed by atoms with Gasteiger partial charge in [-0.05, 0) is 28.7 Å². The van der Waals surface area contributed by atoms with Gasteiger partial charge in [0.05, 0.1) is 12.7 Å². The number of fused-ring (bicyclic) bond motifs is 3. The number of carbonyl (C=O) groups excluding carboxylic acids is 1. The Morgan fingerprint density at radius 1 is 1.09 bits per heavy atom. The Balaban J connectivity index is 1.43. The van der Waals surface area contributed by atoms with Crippen LogP contribution in [0.25, 0.3) is 11.1 Å². The van der Waals surface area contributed by atoms with Gasteiger partial charge in [0.15, 0.2) is 0 Å². The highest BCUT2D eigenvalue weighted by atomic mass is 16.6. The predicted molar refractivity (Wildman–Crippen MR) is 87.4 cm³/mol. The Hall–Kier alpha value is -2.33. The molecule has 2 aliphatic rings. The molecule has 23 heavy (non-hydrogen) atoms. The van der Waals surface area contributed by atoms with E-state index in [-0.39, 0.29) is 12.0 Å². The average Bonchev–Trinajstić information content (AvgIpc) is 3.35. The minimum atomic E-state index is -0.354. The maximum Gasteiger partial charge on any atom is 0.407 e. The Morgan fingerprint density at radius 2 is 1.70 bits per heavy atom. The number of epoxide rings is 1. The first-order valence-corrected chi connectivity index (χ1v) is 8.03. The van der Waals surface area contributed by atoms with Crippen LogP contribution < -0.4 is 5.32 Å². The summed E-state index contributed by atoms with van der Waals surface area (Å²) < 4.78 is 10.6. The molecule has 0 spiro atoms. The molecule has 4 heteroatoms. The molecule has 0 radical (unpaired) electrons. The normalized spacial score (nSPS) is 18.2. The number of hydrogen-bond donors (Lipinski definition) is 1. The summed E-state index contributed by atoms with van der Waals surface area (Å²) in [5, 5.41) is 2.78. The van der Waals surface area contributed by atoms with E-state index in [2.05, 4.69) is 29.6 Å². The number of benzene rings is 2. The number of carbonyl (C=O) groups is 1. The van der Waals surface area contributed by atoms with Gasteiger partial charge < -0.3 is 14.8 Å². The Bertz CT molecular complexity index is 679. The molecule has 1 heterocycles. The molecular weight excluding hydrogens is 290 g/mol. The molecule has 4 rings (SSSR count).